The third-order valence-electron chi connectivity index (χ3n) is 2.66. The average Bonchev–Trinajstić information content (AvgIpc) is 2.38. The first-order valence-corrected chi connectivity index (χ1v) is 5.72. The molecule has 94 valence electrons. The van der Waals surface area contributed by atoms with Gasteiger partial charge in [-0.05, 0) is 31.0 Å². The Hall–Kier alpha value is -2.17. The molecule has 0 aliphatic carbocycles. The molecule has 0 saturated carbocycles. The first-order valence-electron chi connectivity index (χ1n) is 5.72. The van der Waals surface area contributed by atoms with E-state index in [1.165, 1.54) is 17.7 Å². The van der Waals surface area contributed by atoms with E-state index in [0.29, 0.717) is 18.2 Å². The molecule has 2 heterocycles. The second-order valence-electron chi connectivity index (χ2n) is 3.98. The van der Waals surface area contributed by atoms with E-state index in [2.05, 4.69) is 9.97 Å². The number of ether oxygens (including phenoxy) is 1. The molecule has 0 bridgehead atoms. The maximum absolute atomic E-state index is 11.9. The lowest BCUT2D eigenvalue weighted by molar-refractivity contribution is 0.344. The molecule has 2 rings (SSSR count). The molecule has 18 heavy (non-hydrogen) atoms. The van der Waals surface area contributed by atoms with E-state index in [1.807, 2.05) is 12.1 Å². The second-order valence-corrected chi connectivity index (χ2v) is 3.98. The highest BCUT2D eigenvalue weighted by Gasteiger charge is 2.07. The van der Waals surface area contributed by atoms with Gasteiger partial charge in [-0.15, -0.1) is 0 Å². The molecule has 0 unspecified atom stereocenters. The molecule has 2 aromatic rings. The first-order chi connectivity index (χ1) is 8.70. The Bertz CT molecular complexity index is 579. The van der Waals surface area contributed by atoms with Crippen LogP contribution in [0.4, 0.5) is 0 Å². The highest BCUT2D eigenvalue weighted by molar-refractivity contribution is 5.11. The summed E-state index contributed by atoms with van der Waals surface area (Å²) in [6, 6.07) is 5.72. The quantitative estimate of drug-likeness (QED) is 0.812. The molecule has 0 atom stereocenters. The lowest BCUT2D eigenvalue weighted by Crippen LogP contribution is -2.23. The molecule has 0 N–H and O–H groups in total. The first kappa shape index (κ1) is 12.3. The van der Waals surface area contributed by atoms with Gasteiger partial charge in [0.05, 0.1) is 7.11 Å². The Balaban J connectivity index is 2.22. The molecule has 0 fully saturated rings. The van der Waals surface area contributed by atoms with Crippen molar-refractivity contribution in [3.8, 4) is 6.01 Å². The van der Waals surface area contributed by atoms with Crippen molar-refractivity contribution in [3.05, 3.63) is 52.2 Å². The SMILES string of the molecule is COc1nc(C)cc(=O)n1CCc1ccncc1. The Morgan fingerprint density at radius 2 is 2.06 bits per heavy atom. The minimum absolute atomic E-state index is 0.0894. The van der Waals surface area contributed by atoms with Crippen molar-refractivity contribution in [2.75, 3.05) is 7.11 Å². The van der Waals surface area contributed by atoms with Crippen LogP contribution in [-0.2, 0) is 13.0 Å². The van der Waals surface area contributed by atoms with E-state index >= 15 is 0 Å². The van der Waals surface area contributed by atoms with Gasteiger partial charge < -0.3 is 4.74 Å². The van der Waals surface area contributed by atoms with Crippen LogP contribution in [0.1, 0.15) is 11.3 Å². The van der Waals surface area contributed by atoms with Gasteiger partial charge in [-0.2, -0.15) is 0 Å². The summed E-state index contributed by atoms with van der Waals surface area (Å²) in [6.45, 7) is 2.32. The van der Waals surface area contributed by atoms with Gasteiger partial charge in [-0.3, -0.25) is 14.3 Å². The van der Waals surface area contributed by atoms with Crippen molar-refractivity contribution in [3.63, 3.8) is 0 Å². The largest absolute Gasteiger partial charge is 0.468 e. The number of aryl methyl sites for hydroxylation is 2. The van der Waals surface area contributed by atoms with E-state index in [4.69, 9.17) is 4.74 Å². The van der Waals surface area contributed by atoms with Crippen molar-refractivity contribution in [2.24, 2.45) is 0 Å². The molecule has 0 aliphatic rings. The minimum atomic E-state index is -0.0894. The van der Waals surface area contributed by atoms with E-state index < -0.39 is 0 Å². The Morgan fingerprint density at radius 1 is 1.33 bits per heavy atom. The molecule has 0 spiro atoms. The number of methoxy groups -OCH3 is 1. The van der Waals surface area contributed by atoms with Gasteiger partial charge in [-0.1, -0.05) is 0 Å². The molecule has 2 aromatic heterocycles. The smallest absolute Gasteiger partial charge is 0.299 e. The summed E-state index contributed by atoms with van der Waals surface area (Å²) in [5.41, 5.74) is 1.70. The number of hydrogen-bond acceptors (Lipinski definition) is 4. The number of rotatable bonds is 4. The van der Waals surface area contributed by atoms with Crippen LogP contribution in [0.3, 0.4) is 0 Å². The standard InChI is InChI=1S/C13H15N3O2/c1-10-9-12(17)16(13(15-10)18-2)8-5-11-3-6-14-7-4-11/h3-4,6-7,9H,5,8H2,1-2H3. The number of pyridine rings is 1. The summed E-state index contributed by atoms with van der Waals surface area (Å²) >= 11 is 0. The van der Waals surface area contributed by atoms with Crippen LogP contribution in [0.5, 0.6) is 6.01 Å². The third-order valence-corrected chi connectivity index (χ3v) is 2.66. The molecular formula is C13H15N3O2. The van der Waals surface area contributed by atoms with Gasteiger partial charge in [0.2, 0.25) is 0 Å². The molecule has 0 amide bonds. The monoisotopic (exact) mass is 245 g/mol. The van der Waals surface area contributed by atoms with Crippen molar-refractivity contribution in [1.82, 2.24) is 14.5 Å². The Morgan fingerprint density at radius 3 is 2.72 bits per heavy atom. The molecule has 0 aliphatic heterocycles. The van der Waals surface area contributed by atoms with Crippen LogP contribution >= 0.6 is 0 Å². The second kappa shape index (κ2) is 5.44. The predicted molar refractivity (Wildman–Crippen MR) is 67.7 cm³/mol. The van der Waals surface area contributed by atoms with E-state index in [0.717, 1.165) is 12.0 Å². The summed E-state index contributed by atoms with van der Waals surface area (Å²) in [6.07, 6.45) is 4.22. The third kappa shape index (κ3) is 2.74. The number of aromatic nitrogens is 3. The summed E-state index contributed by atoms with van der Waals surface area (Å²) in [5.74, 6) is 0. The van der Waals surface area contributed by atoms with Crippen LogP contribution in [0.25, 0.3) is 0 Å². The van der Waals surface area contributed by atoms with E-state index in [9.17, 15) is 4.79 Å². The summed E-state index contributed by atoms with van der Waals surface area (Å²) < 4.78 is 6.67. The van der Waals surface area contributed by atoms with Gasteiger partial charge in [0.1, 0.15) is 0 Å². The van der Waals surface area contributed by atoms with Crippen LogP contribution in [0.2, 0.25) is 0 Å². The van der Waals surface area contributed by atoms with Crippen molar-refractivity contribution < 1.29 is 4.74 Å². The summed E-state index contributed by atoms with van der Waals surface area (Å²) in [5, 5.41) is 0. The highest BCUT2D eigenvalue weighted by atomic mass is 16.5. The van der Waals surface area contributed by atoms with Gasteiger partial charge in [0, 0.05) is 30.7 Å². The number of hydrogen-bond donors (Lipinski definition) is 0. The minimum Gasteiger partial charge on any atom is -0.468 e. The maximum atomic E-state index is 11.9. The summed E-state index contributed by atoms with van der Waals surface area (Å²) in [7, 11) is 1.52. The van der Waals surface area contributed by atoms with Gasteiger partial charge >= 0.3 is 0 Å². The zero-order valence-corrected chi connectivity index (χ0v) is 10.5. The Labute approximate surface area is 105 Å². The lowest BCUT2D eigenvalue weighted by atomic mass is 10.2. The average molecular weight is 245 g/mol. The fourth-order valence-corrected chi connectivity index (χ4v) is 1.75. The fraction of sp³-hybridized carbons (Fsp3) is 0.308. The normalized spacial score (nSPS) is 10.3. The van der Waals surface area contributed by atoms with Crippen molar-refractivity contribution in [1.29, 1.82) is 0 Å². The van der Waals surface area contributed by atoms with Crippen LogP contribution in [-0.4, -0.2) is 21.6 Å². The zero-order chi connectivity index (χ0) is 13.0. The van der Waals surface area contributed by atoms with Crippen molar-refractivity contribution >= 4 is 0 Å². The summed E-state index contributed by atoms with van der Waals surface area (Å²) in [4.78, 5) is 20.0. The molecule has 5 heteroatoms. The van der Waals surface area contributed by atoms with Crippen LogP contribution in [0, 0.1) is 6.92 Å². The molecule has 0 saturated heterocycles. The predicted octanol–water partition coefficient (Wildman–Crippen LogP) is 1.20. The van der Waals surface area contributed by atoms with Gasteiger partial charge in [0.25, 0.3) is 11.6 Å². The van der Waals surface area contributed by atoms with E-state index in [1.54, 1.807) is 19.3 Å². The zero-order valence-electron chi connectivity index (χ0n) is 10.5. The molecule has 0 aromatic carbocycles. The van der Waals surface area contributed by atoms with E-state index in [-0.39, 0.29) is 5.56 Å². The van der Waals surface area contributed by atoms with Gasteiger partial charge in [0.15, 0.2) is 0 Å². The maximum Gasteiger partial charge on any atom is 0.299 e. The highest BCUT2D eigenvalue weighted by Crippen LogP contribution is 2.06. The topological polar surface area (TPSA) is 57.0 Å². The number of nitrogens with zero attached hydrogens (tertiary/aromatic N) is 3. The Kier molecular flexibility index (Phi) is 3.72. The molecule has 5 nitrogen and oxygen atoms in total. The fourth-order valence-electron chi connectivity index (χ4n) is 1.75. The molecular weight excluding hydrogens is 230 g/mol. The van der Waals surface area contributed by atoms with Crippen LogP contribution in [0.15, 0.2) is 35.4 Å². The lowest BCUT2D eigenvalue weighted by Gasteiger charge is -2.10. The van der Waals surface area contributed by atoms with Crippen LogP contribution < -0.4 is 10.3 Å². The van der Waals surface area contributed by atoms with Gasteiger partial charge in [-0.25, -0.2) is 4.98 Å². The van der Waals surface area contributed by atoms with Crippen molar-refractivity contribution in [2.45, 2.75) is 19.9 Å². The molecule has 0 radical (unpaired) electrons.